The third-order valence-electron chi connectivity index (χ3n) is 5.64. The van der Waals surface area contributed by atoms with E-state index in [4.69, 9.17) is 16.3 Å². The van der Waals surface area contributed by atoms with Crippen LogP contribution in [0, 0.1) is 0 Å². The zero-order valence-electron chi connectivity index (χ0n) is 16.4. The number of piperazine rings is 1. The van der Waals surface area contributed by atoms with Crippen LogP contribution in [0.4, 0.5) is 11.4 Å². The van der Waals surface area contributed by atoms with Gasteiger partial charge in [-0.25, -0.2) is 4.90 Å². The van der Waals surface area contributed by atoms with E-state index in [9.17, 15) is 9.59 Å². The molecule has 4 rings (SSSR count). The molecule has 0 aromatic heterocycles. The summed E-state index contributed by atoms with van der Waals surface area (Å²) in [5.41, 5.74) is 1.75. The molecule has 2 fully saturated rings. The van der Waals surface area contributed by atoms with Crippen LogP contribution < -0.4 is 19.4 Å². The minimum absolute atomic E-state index is 0.103. The number of carbonyl (C=O) groups excluding carboxylic acids is 2. The number of quaternary nitrogens is 1. The van der Waals surface area contributed by atoms with Crippen molar-refractivity contribution < 1.29 is 19.2 Å². The number of benzene rings is 2. The first-order valence-corrected chi connectivity index (χ1v) is 10.4. The highest BCUT2D eigenvalue weighted by Gasteiger charge is 2.46. The lowest BCUT2D eigenvalue weighted by molar-refractivity contribution is -0.915. The lowest BCUT2D eigenvalue weighted by atomic mass is 10.1. The molecule has 2 heterocycles. The van der Waals surface area contributed by atoms with Gasteiger partial charge in [0.05, 0.1) is 44.9 Å². The van der Waals surface area contributed by atoms with Gasteiger partial charge >= 0.3 is 0 Å². The average molecular weight is 415 g/mol. The van der Waals surface area contributed by atoms with Crippen molar-refractivity contribution in [3.8, 4) is 5.75 Å². The number of ether oxygens (including phenoxy) is 1. The molecule has 0 unspecified atom stereocenters. The summed E-state index contributed by atoms with van der Waals surface area (Å²) in [6.45, 7) is 5.83. The van der Waals surface area contributed by atoms with Gasteiger partial charge < -0.3 is 14.5 Å². The second-order valence-corrected chi connectivity index (χ2v) is 7.81. The summed E-state index contributed by atoms with van der Waals surface area (Å²) in [5.74, 6) is 0.502. The summed E-state index contributed by atoms with van der Waals surface area (Å²) in [6.07, 6.45) is 0.266. The quantitative estimate of drug-likeness (QED) is 0.758. The first-order valence-electron chi connectivity index (χ1n) is 10.0. The van der Waals surface area contributed by atoms with E-state index in [0.29, 0.717) is 12.3 Å². The van der Waals surface area contributed by atoms with Crippen LogP contribution in [0.1, 0.15) is 13.3 Å². The maximum atomic E-state index is 13.0. The monoisotopic (exact) mass is 414 g/mol. The summed E-state index contributed by atoms with van der Waals surface area (Å²) in [7, 11) is 0. The highest BCUT2D eigenvalue weighted by molar-refractivity contribution is 6.30. The van der Waals surface area contributed by atoms with Crippen LogP contribution in [-0.2, 0) is 9.59 Å². The molecule has 7 heteroatoms. The maximum Gasteiger partial charge on any atom is 0.292 e. The summed E-state index contributed by atoms with van der Waals surface area (Å²) < 4.78 is 5.44. The molecule has 2 aliphatic heterocycles. The van der Waals surface area contributed by atoms with E-state index in [-0.39, 0.29) is 24.3 Å². The van der Waals surface area contributed by atoms with Crippen LogP contribution in [0.3, 0.4) is 0 Å². The zero-order chi connectivity index (χ0) is 20.4. The average Bonchev–Trinajstić information content (AvgIpc) is 3.04. The highest BCUT2D eigenvalue weighted by atomic mass is 35.5. The molecule has 2 aliphatic rings. The van der Waals surface area contributed by atoms with Crippen molar-refractivity contribution in [1.29, 1.82) is 0 Å². The Hall–Kier alpha value is -2.57. The van der Waals surface area contributed by atoms with Gasteiger partial charge in [-0.05, 0) is 55.5 Å². The number of nitrogens with one attached hydrogen (secondary N) is 1. The van der Waals surface area contributed by atoms with E-state index in [2.05, 4.69) is 4.90 Å². The van der Waals surface area contributed by atoms with Crippen molar-refractivity contribution in [3.05, 3.63) is 53.6 Å². The standard InChI is InChI=1S/C22H24ClN3O3/c1-2-29-19-9-7-18(8-10-19)26-21(27)15-20(22(26)28)25-13-11-24(12-14-25)17-5-3-16(23)4-6-17/h3-10,20H,2,11-15H2,1H3/p+1/t20-/m0/s1. The predicted molar refractivity (Wildman–Crippen MR) is 113 cm³/mol. The third-order valence-corrected chi connectivity index (χ3v) is 5.89. The smallest absolute Gasteiger partial charge is 0.292 e. The van der Waals surface area contributed by atoms with E-state index >= 15 is 0 Å². The van der Waals surface area contributed by atoms with Crippen molar-refractivity contribution in [2.24, 2.45) is 0 Å². The molecule has 1 atom stereocenters. The Balaban J connectivity index is 1.40. The Morgan fingerprint density at radius 2 is 1.62 bits per heavy atom. The zero-order valence-corrected chi connectivity index (χ0v) is 17.2. The molecule has 0 bridgehead atoms. The topological polar surface area (TPSA) is 54.3 Å². The van der Waals surface area contributed by atoms with Crippen molar-refractivity contribution >= 4 is 34.8 Å². The van der Waals surface area contributed by atoms with E-state index in [0.717, 1.165) is 42.6 Å². The molecular formula is C22H25ClN3O3+. The molecule has 6 nitrogen and oxygen atoms in total. The molecule has 2 aromatic rings. The fraction of sp³-hybridized carbons (Fsp3) is 0.364. The van der Waals surface area contributed by atoms with E-state index in [1.54, 1.807) is 24.3 Å². The Morgan fingerprint density at radius 3 is 2.24 bits per heavy atom. The minimum atomic E-state index is -0.304. The highest BCUT2D eigenvalue weighted by Crippen LogP contribution is 2.25. The normalized spacial score (nSPS) is 20.4. The molecule has 2 saturated heterocycles. The minimum Gasteiger partial charge on any atom is -0.494 e. The predicted octanol–water partition coefficient (Wildman–Crippen LogP) is 1.78. The molecule has 0 spiro atoms. The van der Waals surface area contributed by atoms with Crippen LogP contribution in [-0.4, -0.2) is 50.6 Å². The molecule has 2 aromatic carbocycles. The van der Waals surface area contributed by atoms with Crippen LogP contribution in [0.5, 0.6) is 5.75 Å². The number of anilines is 2. The van der Waals surface area contributed by atoms with Gasteiger partial charge in [0.2, 0.25) is 5.91 Å². The van der Waals surface area contributed by atoms with Crippen LogP contribution >= 0.6 is 11.6 Å². The van der Waals surface area contributed by atoms with Crippen molar-refractivity contribution in [1.82, 2.24) is 0 Å². The first kappa shape index (κ1) is 19.7. The lowest BCUT2D eigenvalue weighted by Crippen LogP contribution is -3.19. The Kier molecular flexibility index (Phi) is 5.74. The molecule has 0 radical (unpaired) electrons. The van der Waals surface area contributed by atoms with Gasteiger partial charge in [-0.15, -0.1) is 0 Å². The second-order valence-electron chi connectivity index (χ2n) is 7.37. The number of rotatable bonds is 5. The van der Waals surface area contributed by atoms with E-state index in [1.807, 2.05) is 31.2 Å². The Labute approximate surface area is 175 Å². The number of hydrogen-bond donors (Lipinski definition) is 1. The van der Waals surface area contributed by atoms with Crippen LogP contribution in [0.15, 0.2) is 48.5 Å². The van der Waals surface area contributed by atoms with Gasteiger partial charge in [-0.1, -0.05) is 11.6 Å². The second kappa shape index (κ2) is 8.43. The fourth-order valence-corrected chi connectivity index (χ4v) is 4.26. The van der Waals surface area contributed by atoms with Gasteiger partial charge in [-0.2, -0.15) is 0 Å². The van der Waals surface area contributed by atoms with Gasteiger partial charge in [-0.3, -0.25) is 9.59 Å². The number of halogens is 1. The number of imide groups is 1. The number of nitrogens with zero attached hydrogens (tertiary/aromatic N) is 2. The summed E-state index contributed by atoms with van der Waals surface area (Å²) >= 11 is 5.97. The van der Waals surface area contributed by atoms with Gasteiger partial charge in [0.15, 0.2) is 6.04 Å². The lowest BCUT2D eigenvalue weighted by Gasteiger charge is -2.35. The summed E-state index contributed by atoms with van der Waals surface area (Å²) in [5, 5.41) is 0.724. The van der Waals surface area contributed by atoms with E-state index < -0.39 is 0 Å². The number of hydrogen-bond acceptors (Lipinski definition) is 4. The molecule has 152 valence electrons. The van der Waals surface area contributed by atoms with Crippen molar-refractivity contribution in [2.45, 2.75) is 19.4 Å². The van der Waals surface area contributed by atoms with Crippen molar-refractivity contribution in [3.63, 3.8) is 0 Å². The van der Waals surface area contributed by atoms with Crippen LogP contribution in [0.2, 0.25) is 5.02 Å². The molecule has 0 saturated carbocycles. The maximum absolute atomic E-state index is 13.0. The molecular weight excluding hydrogens is 390 g/mol. The van der Waals surface area contributed by atoms with Crippen molar-refractivity contribution in [2.75, 3.05) is 42.6 Å². The number of carbonyl (C=O) groups is 2. The third kappa shape index (κ3) is 4.09. The largest absolute Gasteiger partial charge is 0.494 e. The molecule has 1 N–H and O–H groups in total. The summed E-state index contributed by atoms with van der Waals surface area (Å²) in [4.78, 5) is 30.5. The van der Waals surface area contributed by atoms with Crippen LogP contribution in [0.25, 0.3) is 0 Å². The SMILES string of the molecule is CCOc1ccc(N2C(=O)C[C@H]([NH+]3CCN(c4ccc(Cl)cc4)CC3)C2=O)cc1. The molecule has 2 amide bonds. The Bertz CT molecular complexity index is 877. The fourth-order valence-electron chi connectivity index (χ4n) is 4.13. The summed E-state index contributed by atoms with van der Waals surface area (Å²) in [6, 6.07) is 14.7. The number of amides is 2. The molecule has 29 heavy (non-hydrogen) atoms. The Morgan fingerprint density at radius 1 is 1.00 bits per heavy atom. The first-order chi connectivity index (χ1) is 14.1. The van der Waals surface area contributed by atoms with Gasteiger partial charge in [0.1, 0.15) is 5.75 Å². The van der Waals surface area contributed by atoms with Gasteiger partial charge in [0.25, 0.3) is 5.91 Å². The molecule has 0 aliphatic carbocycles. The van der Waals surface area contributed by atoms with E-state index in [1.165, 1.54) is 9.80 Å². The van der Waals surface area contributed by atoms with Gasteiger partial charge in [0, 0.05) is 10.7 Å².